The van der Waals surface area contributed by atoms with Crippen molar-refractivity contribution in [2.24, 2.45) is 0 Å². The summed E-state index contributed by atoms with van der Waals surface area (Å²) in [5.41, 5.74) is 0.516. The van der Waals surface area contributed by atoms with Gasteiger partial charge in [-0.05, 0) is 30.3 Å². The molecule has 7 heteroatoms. The number of nitrogens with one attached hydrogen (secondary N) is 1. The predicted octanol–water partition coefficient (Wildman–Crippen LogP) is 4.43. The Morgan fingerprint density at radius 2 is 1.74 bits per heavy atom. The van der Waals surface area contributed by atoms with Gasteiger partial charge in [0.05, 0.1) is 10.7 Å². The van der Waals surface area contributed by atoms with Gasteiger partial charge in [0.15, 0.2) is 0 Å². The van der Waals surface area contributed by atoms with E-state index in [-0.39, 0.29) is 26.6 Å². The van der Waals surface area contributed by atoms with Crippen molar-refractivity contribution >= 4 is 46.4 Å². The molecule has 19 heavy (non-hydrogen) atoms. The average Bonchev–Trinajstić information content (AvgIpc) is 2.31. The first-order chi connectivity index (χ1) is 8.95. The number of hydrogen-bond donors (Lipinski definition) is 1. The van der Waals surface area contributed by atoms with Gasteiger partial charge in [-0.3, -0.25) is 4.79 Å². The molecule has 98 valence electrons. The molecule has 0 aliphatic heterocycles. The highest BCUT2D eigenvalue weighted by Crippen LogP contribution is 2.23. The second-order valence-corrected chi connectivity index (χ2v) is 4.76. The van der Waals surface area contributed by atoms with Gasteiger partial charge in [0.1, 0.15) is 16.1 Å². The molecule has 0 aliphatic rings. The van der Waals surface area contributed by atoms with E-state index in [0.717, 1.165) is 6.07 Å². The van der Waals surface area contributed by atoms with Gasteiger partial charge >= 0.3 is 0 Å². The molecule has 0 bridgehead atoms. The Morgan fingerprint density at radius 3 is 2.32 bits per heavy atom. The lowest BCUT2D eigenvalue weighted by molar-refractivity contribution is 0.102. The monoisotopic (exact) mass is 318 g/mol. The number of pyridine rings is 1. The van der Waals surface area contributed by atoms with E-state index in [0.29, 0.717) is 0 Å². The number of nitrogens with zero attached hydrogens (tertiary/aromatic N) is 1. The zero-order chi connectivity index (χ0) is 14.0. The molecule has 1 aromatic heterocycles. The van der Waals surface area contributed by atoms with E-state index in [9.17, 15) is 9.18 Å². The Morgan fingerprint density at radius 1 is 1.11 bits per heavy atom. The van der Waals surface area contributed by atoms with Crippen LogP contribution in [0.3, 0.4) is 0 Å². The van der Waals surface area contributed by atoms with Crippen LogP contribution < -0.4 is 5.32 Å². The molecule has 1 amide bonds. The molecule has 2 rings (SSSR count). The molecule has 1 N–H and O–H groups in total. The Labute approximate surface area is 123 Å². The Hall–Kier alpha value is -1.36. The van der Waals surface area contributed by atoms with Crippen LogP contribution in [-0.4, -0.2) is 10.9 Å². The van der Waals surface area contributed by atoms with Gasteiger partial charge in [-0.1, -0.05) is 34.8 Å². The van der Waals surface area contributed by atoms with E-state index < -0.39 is 11.7 Å². The molecule has 0 spiro atoms. The highest BCUT2D eigenvalue weighted by molar-refractivity contribution is 6.34. The average molecular weight is 320 g/mol. The molecule has 0 saturated carbocycles. The van der Waals surface area contributed by atoms with Crippen molar-refractivity contribution in [3.05, 3.63) is 57.0 Å². The summed E-state index contributed by atoms with van der Waals surface area (Å²) in [4.78, 5) is 15.7. The standard InChI is InChI=1S/C12H6Cl3FN2O/c13-8-5-7(16)1-2-9(8)17-12(19)6-3-10(14)18-11(15)4-6/h1-5H,(H,17,19). The smallest absolute Gasteiger partial charge is 0.255 e. The number of carbonyl (C=O) groups is 1. The summed E-state index contributed by atoms with van der Waals surface area (Å²) in [5.74, 6) is -0.960. The number of amides is 1. The lowest BCUT2D eigenvalue weighted by atomic mass is 10.2. The minimum Gasteiger partial charge on any atom is -0.321 e. The molecule has 0 fully saturated rings. The number of hydrogen-bond acceptors (Lipinski definition) is 2. The maximum Gasteiger partial charge on any atom is 0.255 e. The first-order valence-corrected chi connectivity index (χ1v) is 6.18. The lowest BCUT2D eigenvalue weighted by Gasteiger charge is -2.07. The van der Waals surface area contributed by atoms with Crippen molar-refractivity contribution in [1.82, 2.24) is 4.98 Å². The third-order valence-corrected chi connectivity index (χ3v) is 2.90. The maximum absolute atomic E-state index is 12.9. The van der Waals surface area contributed by atoms with Crippen LogP contribution in [0.1, 0.15) is 10.4 Å². The summed E-state index contributed by atoms with van der Waals surface area (Å²) in [6.45, 7) is 0. The van der Waals surface area contributed by atoms with Crippen LogP contribution in [0, 0.1) is 5.82 Å². The predicted molar refractivity (Wildman–Crippen MR) is 73.6 cm³/mol. The Kier molecular flexibility index (Phi) is 4.24. The van der Waals surface area contributed by atoms with E-state index in [1.807, 2.05) is 0 Å². The SMILES string of the molecule is O=C(Nc1ccc(F)cc1Cl)c1cc(Cl)nc(Cl)c1. The van der Waals surface area contributed by atoms with Crippen LogP contribution >= 0.6 is 34.8 Å². The number of carbonyl (C=O) groups excluding carboxylic acids is 1. The number of rotatable bonds is 2. The number of aromatic nitrogens is 1. The lowest BCUT2D eigenvalue weighted by Crippen LogP contribution is -2.12. The summed E-state index contributed by atoms with van der Waals surface area (Å²) in [7, 11) is 0. The van der Waals surface area contributed by atoms with Gasteiger partial charge < -0.3 is 5.32 Å². The Bertz CT molecular complexity index is 629. The number of anilines is 1. The van der Waals surface area contributed by atoms with E-state index in [4.69, 9.17) is 34.8 Å². The van der Waals surface area contributed by atoms with E-state index in [1.165, 1.54) is 24.3 Å². The minimum atomic E-state index is -0.488. The minimum absolute atomic E-state index is 0.0969. The molecular formula is C12H6Cl3FN2O. The molecule has 1 aromatic carbocycles. The zero-order valence-electron chi connectivity index (χ0n) is 9.25. The van der Waals surface area contributed by atoms with Crippen LogP contribution in [0.5, 0.6) is 0 Å². The van der Waals surface area contributed by atoms with E-state index in [2.05, 4.69) is 10.3 Å². The van der Waals surface area contributed by atoms with E-state index in [1.54, 1.807) is 0 Å². The van der Waals surface area contributed by atoms with Gasteiger partial charge in [-0.15, -0.1) is 0 Å². The first kappa shape index (κ1) is 14.1. The van der Waals surface area contributed by atoms with Crippen LogP contribution in [0.25, 0.3) is 0 Å². The van der Waals surface area contributed by atoms with E-state index >= 15 is 0 Å². The van der Waals surface area contributed by atoms with Crippen LogP contribution in [0.2, 0.25) is 15.3 Å². The zero-order valence-corrected chi connectivity index (χ0v) is 11.5. The van der Waals surface area contributed by atoms with Crippen LogP contribution in [0.4, 0.5) is 10.1 Å². The molecule has 0 radical (unpaired) electrons. The molecule has 0 saturated heterocycles. The maximum atomic E-state index is 12.9. The quantitative estimate of drug-likeness (QED) is 0.832. The number of halogens is 4. The number of benzene rings is 1. The summed E-state index contributed by atoms with van der Waals surface area (Å²) >= 11 is 17.2. The van der Waals surface area contributed by atoms with Gasteiger partial charge in [-0.2, -0.15) is 0 Å². The fourth-order valence-corrected chi connectivity index (χ4v) is 2.06. The summed E-state index contributed by atoms with van der Waals surface area (Å²) in [5, 5.41) is 2.82. The molecule has 0 unspecified atom stereocenters. The van der Waals surface area contributed by atoms with Crippen molar-refractivity contribution in [3.8, 4) is 0 Å². The van der Waals surface area contributed by atoms with Gasteiger partial charge in [0.2, 0.25) is 0 Å². The van der Waals surface area contributed by atoms with Crippen LogP contribution in [0.15, 0.2) is 30.3 Å². The molecule has 0 atom stereocenters. The second-order valence-electron chi connectivity index (χ2n) is 3.58. The van der Waals surface area contributed by atoms with Crippen molar-refractivity contribution < 1.29 is 9.18 Å². The molecule has 3 nitrogen and oxygen atoms in total. The van der Waals surface area contributed by atoms with Crippen molar-refractivity contribution in [2.75, 3.05) is 5.32 Å². The molecule has 0 aliphatic carbocycles. The molecular weight excluding hydrogens is 314 g/mol. The Balaban J connectivity index is 2.25. The summed E-state index contributed by atoms with van der Waals surface area (Å²) in [6, 6.07) is 6.37. The highest BCUT2D eigenvalue weighted by Gasteiger charge is 2.11. The molecule has 2 aromatic rings. The van der Waals surface area contributed by atoms with Crippen molar-refractivity contribution in [2.45, 2.75) is 0 Å². The fourth-order valence-electron chi connectivity index (χ4n) is 1.38. The van der Waals surface area contributed by atoms with Gasteiger partial charge in [0, 0.05) is 5.56 Å². The van der Waals surface area contributed by atoms with Crippen molar-refractivity contribution in [1.29, 1.82) is 0 Å². The first-order valence-electron chi connectivity index (χ1n) is 5.05. The highest BCUT2D eigenvalue weighted by atomic mass is 35.5. The molecule has 1 heterocycles. The normalized spacial score (nSPS) is 10.3. The summed E-state index contributed by atoms with van der Waals surface area (Å²) in [6.07, 6.45) is 0. The third-order valence-electron chi connectivity index (χ3n) is 2.20. The van der Waals surface area contributed by atoms with Crippen LogP contribution in [-0.2, 0) is 0 Å². The summed E-state index contributed by atoms with van der Waals surface area (Å²) < 4.78 is 12.9. The van der Waals surface area contributed by atoms with Crippen molar-refractivity contribution in [3.63, 3.8) is 0 Å². The fraction of sp³-hybridized carbons (Fsp3) is 0. The largest absolute Gasteiger partial charge is 0.321 e. The topological polar surface area (TPSA) is 42.0 Å². The second kappa shape index (κ2) is 5.74. The van der Waals surface area contributed by atoms with Gasteiger partial charge in [0.25, 0.3) is 5.91 Å². The van der Waals surface area contributed by atoms with Gasteiger partial charge in [-0.25, -0.2) is 9.37 Å². The third kappa shape index (κ3) is 3.56.